The van der Waals surface area contributed by atoms with E-state index in [2.05, 4.69) is 21.7 Å². The van der Waals surface area contributed by atoms with Crippen LogP contribution in [0.4, 0.5) is 0 Å². The first-order valence-corrected chi connectivity index (χ1v) is 3.74. The Labute approximate surface area is 74.7 Å². The fraction of sp³-hybridized carbons (Fsp3) is 0.125. The van der Waals surface area contributed by atoms with E-state index in [9.17, 15) is 0 Å². The highest BCUT2D eigenvalue weighted by atomic mass is 16.5. The quantitative estimate of drug-likeness (QED) is 0.687. The first kappa shape index (κ1) is 7.72. The smallest absolute Gasteiger partial charge is 0.250 e. The molecule has 13 heavy (non-hydrogen) atoms. The van der Waals surface area contributed by atoms with Crippen molar-refractivity contribution < 1.29 is 4.52 Å². The summed E-state index contributed by atoms with van der Waals surface area (Å²) in [5.74, 6) is 0.936. The van der Waals surface area contributed by atoms with Crippen LogP contribution in [0.3, 0.4) is 0 Å². The van der Waals surface area contributed by atoms with Gasteiger partial charge in [-0.15, -0.1) is 0 Å². The maximum Gasteiger partial charge on any atom is 0.250 e. The summed E-state index contributed by atoms with van der Waals surface area (Å²) in [6, 6.07) is 0. The summed E-state index contributed by atoms with van der Waals surface area (Å²) < 4.78 is 6.69. The summed E-state index contributed by atoms with van der Waals surface area (Å²) in [7, 11) is 1.87. The van der Waals surface area contributed by atoms with E-state index in [0.717, 1.165) is 5.69 Å². The van der Waals surface area contributed by atoms with Crippen molar-refractivity contribution in [3.05, 3.63) is 25.0 Å². The Morgan fingerprint density at radius 3 is 3.00 bits per heavy atom. The summed E-state index contributed by atoms with van der Waals surface area (Å²) in [6.07, 6.45) is 4.86. The van der Waals surface area contributed by atoms with Gasteiger partial charge in [0.15, 0.2) is 0 Å². The van der Waals surface area contributed by atoms with Crippen LogP contribution in [0, 0.1) is 0 Å². The van der Waals surface area contributed by atoms with Crippen molar-refractivity contribution in [2.24, 2.45) is 7.05 Å². The Balaban J connectivity index is 2.46. The molecule has 66 valence electrons. The predicted molar refractivity (Wildman–Crippen MR) is 46.6 cm³/mol. The number of imidazole rings is 1. The minimum Gasteiger partial charge on any atom is -0.334 e. The largest absolute Gasteiger partial charge is 0.334 e. The highest BCUT2D eigenvalue weighted by Crippen LogP contribution is 2.13. The third kappa shape index (κ3) is 1.24. The summed E-state index contributed by atoms with van der Waals surface area (Å²) in [5.41, 5.74) is 0.817. The summed E-state index contributed by atoms with van der Waals surface area (Å²) >= 11 is 0. The summed E-state index contributed by atoms with van der Waals surface area (Å²) in [6.45, 7) is 3.53. The molecule has 0 amide bonds. The van der Waals surface area contributed by atoms with E-state index in [1.54, 1.807) is 12.5 Å². The molecular formula is C8H8N4O. The molecule has 0 saturated carbocycles. The highest BCUT2D eigenvalue weighted by molar-refractivity contribution is 5.49. The Hall–Kier alpha value is -1.91. The van der Waals surface area contributed by atoms with Gasteiger partial charge in [0.05, 0.1) is 12.5 Å². The molecule has 0 fully saturated rings. The lowest BCUT2D eigenvalue weighted by Gasteiger charge is -1.92. The summed E-state index contributed by atoms with van der Waals surface area (Å²) in [5, 5.41) is 3.77. The van der Waals surface area contributed by atoms with Gasteiger partial charge in [0.1, 0.15) is 5.69 Å². The molecule has 5 nitrogen and oxygen atoms in total. The second-order valence-corrected chi connectivity index (χ2v) is 2.55. The van der Waals surface area contributed by atoms with Crippen LogP contribution >= 0.6 is 0 Å². The molecule has 0 aromatic carbocycles. The van der Waals surface area contributed by atoms with Crippen LogP contribution in [0.25, 0.3) is 17.6 Å². The second-order valence-electron chi connectivity index (χ2n) is 2.55. The zero-order chi connectivity index (χ0) is 9.26. The van der Waals surface area contributed by atoms with Gasteiger partial charge in [-0.1, -0.05) is 11.7 Å². The van der Waals surface area contributed by atoms with Gasteiger partial charge in [0.25, 0.3) is 0 Å². The first-order chi connectivity index (χ1) is 6.31. The minimum atomic E-state index is 0.413. The molecule has 0 atom stereocenters. The van der Waals surface area contributed by atoms with Gasteiger partial charge in [-0.2, -0.15) is 4.98 Å². The van der Waals surface area contributed by atoms with Crippen molar-refractivity contribution >= 4 is 6.08 Å². The predicted octanol–water partition coefficient (Wildman–Crippen LogP) is 1.11. The first-order valence-electron chi connectivity index (χ1n) is 3.74. The third-order valence-corrected chi connectivity index (χ3v) is 1.66. The lowest BCUT2D eigenvalue weighted by atomic mass is 10.4. The molecule has 0 unspecified atom stereocenters. The molecule has 2 heterocycles. The van der Waals surface area contributed by atoms with Crippen LogP contribution in [0.1, 0.15) is 5.89 Å². The van der Waals surface area contributed by atoms with E-state index in [4.69, 9.17) is 4.52 Å². The standard InChI is InChI=1S/C8H8N4O/c1-3-7-10-8(11-13-7)6-4-9-5-12(6)2/h3-5H,1H2,2H3. The monoisotopic (exact) mass is 176 g/mol. The number of aromatic nitrogens is 4. The van der Waals surface area contributed by atoms with Crippen LogP contribution in [-0.4, -0.2) is 19.7 Å². The maximum absolute atomic E-state index is 4.87. The van der Waals surface area contributed by atoms with E-state index in [1.165, 1.54) is 6.08 Å². The molecule has 2 aromatic heterocycles. The fourth-order valence-corrected chi connectivity index (χ4v) is 0.995. The SMILES string of the molecule is C=Cc1nc(-c2cncn2C)no1. The highest BCUT2D eigenvalue weighted by Gasteiger charge is 2.08. The minimum absolute atomic E-state index is 0.413. The maximum atomic E-state index is 4.87. The Morgan fingerprint density at radius 1 is 1.62 bits per heavy atom. The van der Waals surface area contributed by atoms with Gasteiger partial charge in [0, 0.05) is 7.05 Å². The molecule has 0 spiro atoms. The number of hydrogen-bond acceptors (Lipinski definition) is 4. The van der Waals surface area contributed by atoms with Crippen LogP contribution < -0.4 is 0 Å². The van der Waals surface area contributed by atoms with Crippen molar-refractivity contribution in [1.82, 2.24) is 19.7 Å². The van der Waals surface area contributed by atoms with Crippen LogP contribution in [0.15, 0.2) is 23.6 Å². The molecule has 0 aliphatic carbocycles. The zero-order valence-corrected chi connectivity index (χ0v) is 7.14. The molecule has 0 radical (unpaired) electrons. The topological polar surface area (TPSA) is 56.7 Å². The van der Waals surface area contributed by atoms with Crippen molar-refractivity contribution in [3.8, 4) is 11.5 Å². The molecule has 2 aromatic rings. The zero-order valence-electron chi connectivity index (χ0n) is 7.14. The van der Waals surface area contributed by atoms with Crippen molar-refractivity contribution in [1.29, 1.82) is 0 Å². The normalized spacial score (nSPS) is 10.2. The average molecular weight is 176 g/mol. The van der Waals surface area contributed by atoms with Crippen molar-refractivity contribution in [2.45, 2.75) is 0 Å². The number of rotatable bonds is 2. The van der Waals surface area contributed by atoms with Gasteiger partial charge in [-0.05, 0) is 6.08 Å². The van der Waals surface area contributed by atoms with E-state index in [0.29, 0.717) is 11.7 Å². The lowest BCUT2D eigenvalue weighted by Crippen LogP contribution is -1.90. The fourth-order valence-electron chi connectivity index (χ4n) is 0.995. The molecule has 0 aliphatic rings. The van der Waals surface area contributed by atoms with Gasteiger partial charge in [-0.3, -0.25) is 0 Å². The van der Waals surface area contributed by atoms with Crippen LogP contribution in [0.2, 0.25) is 0 Å². The van der Waals surface area contributed by atoms with E-state index >= 15 is 0 Å². The van der Waals surface area contributed by atoms with Gasteiger partial charge >= 0.3 is 0 Å². The van der Waals surface area contributed by atoms with Gasteiger partial charge in [-0.25, -0.2) is 4.98 Å². The molecule has 0 N–H and O–H groups in total. The molecule has 5 heteroatoms. The number of nitrogens with zero attached hydrogens (tertiary/aromatic N) is 4. The Morgan fingerprint density at radius 2 is 2.46 bits per heavy atom. The molecule has 2 rings (SSSR count). The van der Waals surface area contributed by atoms with Crippen molar-refractivity contribution in [3.63, 3.8) is 0 Å². The van der Waals surface area contributed by atoms with Crippen LogP contribution in [0.5, 0.6) is 0 Å². The van der Waals surface area contributed by atoms with E-state index in [1.807, 2.05) is 11.6 Å². The van der Waals surface area contributed by atoms with E-state index < -0.39 is 0 Å². The third-order valence-electron chi connectivity index (χ3n) is 1.66. The average Bonchev–Trinajstić information content (AvgIpc) is 2.71. The van der Waals surface area contributed by atoms with Gasteiger partial charge in [0.2, 0.25) is 11.7 Å². The van der Waals surface area contributed by atoms with Crippen LogP contribution in [-0.2, 0) is 7.05 Å². The summed E-state index contributed by atoms with van der Waals surface area (Å²) in [4.78, 5) is 8.02. The number of aryl methyl sites for hydroxylation is 1. The Kier molecular flexibility index (Phi) is 1.70. The number of hydrogen-bond donors (Lipinski definition) is 0. The van der Waals surface area contributed by atoms with Crippen molar-refractivity contribution in [2.75, 3.05) is 0 Å². The second kappa shape index (κ2) is 2.85. The van der Waals surface area contributed by atoms with Gasteiger partial charge < -0.3 is 9.09 Å². The molecule has 0 saturated heterocycles. The molecule has 0 aliphatic heterocycles. The Bertz CT molecular complexity index is 429. The lowest BCUT2D eigenvalue weighted by molar-refractivity contribution is 0.411. The molecule has 0 bridgehead atoms. The molecular weight excluding hydrogens is 168 g/mol. The van der Waals surface area contributed by atoms with E-state index in [-0.39, 0.29) is 0 Å².